The van der Waals surface area contributed by atoms with E-state index in [4.69, 9.17) is 27.9 Å². The molecule has 1 aromatic heterocycles. The Morgan fingerprint density at radius 2 is 1.78 bits per heavy atom. The summed E-state index contributed by atoms with van der Waals surface area (Å²) in [7, 11) is 0. The Hall–Kier alpha value is -3.92. The number of aromatic amines is 1. The monoisotopic (exact) mass is 526 g/mol. The van der Waals surface area contributed by atoms with Gasteiger partial charge in [0.1, 0.15) is 11.9 Å². The number of halogens is 2. The van der Waals surface area contributed by atoms with Gasteiger partial charge in [-0.2, -0.15) is 9.78 Å². The second-order valence-electron chi connectivity index (χ2n) is 7.66. The number of carbonyl (C=O) groups is 1. The van der Waals surface area contributed by atoms with Crippen molar-refractivity contribution in [1.82, 2.24) is 20.1 Å². The smallest absolute Gasteiger partial charge is 0.349 e. The second kappa shape index (κ2) is 11.2. The van der Waals surface area contributed by atoms with Crippen LogP contribution in [0.3, 0.4) is 0 Å². The zero-order chi connectivity index (χ0) is 25.7. The summed E-state index contributed by atoms with van der Waals surface area (Å²) >= 11 is 12.7. The molecule has 0 spiro atoms. The lowest BCUT2D eigenvalue weighted by atomic mass is 10.1. The van der Waals surface area contributed by atoms with E-state index in [0.717, 1.165) is 16.4 Å². The van der Waals surface area contributed by atoms with Crippen molar-refractivity contribution in [2.24, 2.45) is 0 Å². The minimum absolute atomic E-state index is 0.0671. The Morgan fingerprint density at radius 1 is 1.06 bits per heavy atom. The molecule has 0 saturated carbocycles. The number of ether oxygens (including phenoxy) is 1. The number of aliphatic hydroxyl groups excluding tert-OH is 1. The van der Waals surface area contributed by atoms with E-state index in [1.165, 1.54) is 18.2 Å². The Morgan fingerprint density at radius 3 is 2.44 bits per heavy atom. The number of rotatable bonds is 8. The average molecular weight is 527 g/mol. The normalized spacial score (nSPS) is 10.8. The number of nitrogens with one attached hydrogen (secondary N) is 2. The molecule has 0 aliphatic carbocycles. The van der Waals surface area contributed by atoms with Crippen molar-refractivity contribution in [2.75, 3.05) is 6.54 Å². The first kappa shape index (κ1) is 25.2. The van der Waals surface area contributed by atoms with Gasteiger partial charge in [-0.15, -0.1) is 0 Å². The van der Waals surface area contributed by atoms with Gasteiger partial charge in [-0.3, -0.25) is 14.6 Å². The quantitative estimate of drug-likeness (QED) is 0.322. The van der Waals surface area contributed by atoms with Gasteiger partial charge in [-0.1, -0.05) is 59.6 Å². The lowest BCUT2D eigenvalue weighted by molar-refractivity contribution is 0.0950. The minimum atomic E-state index is -0.759. The molecule has 0 aliphatic rings. The fourth-order valence-electron chi connectivity index (χ4n) is 3.45. The van der Waals surface area contributed by atoms with Crippen molar-refractivity contribution in [3.8, 4) is 17.2 Å². The van der Waals surface area contributed by atoms with Crippen LogP contribution in [0.2, 0.25) is 10.0 Å². The number of nitrogens with zero attached hydrogens (tertiary/aromatic N) is 2. The summed E-state index contributed by atoms with van der Waals surface area (Å²) < 4.78 is 6.78. The molecule has 0 radical (unpaired) electrons. The molecule has 9 nitrogen and oxygen atoms in total. The first-order valence-electron chi connectivity index (χ1n) is 10.8. The number of aromatic nitrogens is 3. The van der Waals surface area contributed by atoms with Gasteiger partial charge in [0, 0.05) is 12.1 Å². The molecule has 36 heavy (non-hydrogen) atoms. The summed E-state index contributed by atoms with van der Waals surface area (Å²) in [6.45, 7) is 0.0783. The standard InChI is InChI=1S/C25H20Cl2N4O5/c26-20-10-17(31-25(35)30-22(33)13-29-31)11-21(27)23(20)36-18-7-6-16(14-32)19(12-18)24(34)28-9-8-15-4-2-1-3-5-15/h1-7,10-13,32H,8-9,14H2,(H,28,34)(H,30,33,35). The van der Waals surface area contributed by atoms with Gasteiger partial charge in [0.05, 0.1) is 22.3 Å². The van der Waals surface area contributed by atoms with Gasteiger partial charge in [0.25, 0.3) is 11.5 Å². The first-order chi connectivity index (χ1) is 17.4. The van der Waals surface area contributed by atoms with E-state index in [2.05, 4.69) is 15.4 Å². The predicted molar refractivity (Wildman–Crippen MR) is 135 cm³/mol. The number of H-pyrrole nitrogens is 1. The van der Waals surface area contributed by atoms with Crippen molar-refractivity contribution < 1.29 is 14.6 Å². The number of hydrogen-bond acceptors (Lipinski definition) is 6. The first-order valence-corrected chi connectivity index (χ1v) is 11.5. The van der Waals surface area contributed by atoms with E-state index >= 15 is 0 Å². The number of aliphatic hydroxyl groups is 1. The topological polar surface area (TPSA) is 126 Å². The highest BCUT2D eigenvalue weighted by Crippen LogP contribution is 2.38. The fourth-order valence-corrected chi connectivity index (χ4v) is 4.00. The average Bonchev–Trinajstić information content (AvgIpc) is 2.86. The van der Waals surface area contributed by atoms with Crippen LogP contribution >= 0.6 is 23.2 Å². The number of benzene rings is 3. The highest BCUT2D eigenvalue weighted by atomic mass is 35.5. The van der Waals surface area contributed by atoms with Gasteiger partial charge >= 0.3 is 5.69 Å². The molecule has 11 heteroatoms. The Bertz CT molecular complexity index is 1500. The lowest BCUT2D eigenvalue weighted by Crippen LogP contribution is -2.30. The molecular formula is C25H20Cl2N4O5. The van der Waals surface area contributed by atoms with Crippen LogP contribution in [0.1, 0.15) is 21.5 Å². The maximum atomic E-state index is 12.8. The number of amides is 1. The molecule has 0 bridgehead atoms. The van der Waals surface area contributed by atoms with E-state index in [1.54, 1.807) is 12.1 Å². The largest absolute Gasteiger partial charge is 0.454 e. The zero-order valence-electron chi connectivity index (χ0n) is 18.7. The van der Waals surface area contributed by atoms with Crippen molar-refractivity contribution in [3.05, 3.63) is 114 Å². The van der Waals surface area contributed by atoms with Crippen LogP contribution < -0.4 is 21.3 Å². The summed E-state index contributed by atoms with van der Waals surface area (Å²) in [6.07, 6.45) is 1.60. The van der Waals surface area contributed by atoms with Crippen LogP contribution in [0.15, 0.2) is 76.4 Å². The lowest BCUT2D eigenvalue weighted by Gasteiger charge is -2.14. The molecule has 3 aromatic carbocycles. The molecule has 0 fully saturated rings. The molecule has 0 saturated heterocycles. The Labute approximate surface area is 214 Å². The van der Waals surface area contributed by atoms with E-state index in [0.29, 0.717) is 18.5 Å². The third kappa shape index (κ3) is 5.83. The van der Waals surface area contributed by atoms with E-state index < -0.39 is 11.2 Å². The van der Waals surface area contributed by atoms with Crippen molar-refractivity contribution in [2.45, 2.75) is 13.0 Å². The van der Waals surface area contributed by atoms with Crippen molar-refractivity contribution in [1.29, 1.82) is 0 Å². The Kier molecular flexibility index (Phi) is 7.84. The highest BCUT2D eigenvalue weighted by Gasteiger charge is 2.16. The summed E-state index contributed by atoms with van der Waals surface area (Å²) in [4.78, 5) is 38.2. The molecule has 3 N–H and O–H groups in total. The maximum absolute atomic E-state index is 12.8. The summed E-state index contributed by atoms with van der Waals surface area (Å²) in [5.74, 6) is -0.0143. The highest BCUT2D eigenvalue weighted by molar-refractivity contribution is 6.37. The molecular weight excluding hydrogens is 507 g/mol. The minimum Gasteiger partial charge on any atom is -0.454 e. The van der Waals surface area contributed by atoms with Crippen LogP contribution in [0, 0.1) is 0 Å². The molecule has 0 aliphatic heterocycles. The molecule has 184 valence electrons. The maximum Gasteiger partial charge on any atom is 0.349 e. The molecule has 0 unspecified atom stereocenters. The van der Waals surface area contributed by atoms with E-state index in [9.17, 15) is 19.5 Å². The number of hydrogen-bond donors (Lipinski definition) is 3. The number of carbonyl (C=O) groups excluding carboxylic acids is 1. The summed E-state index contributed by atoms with van der Waals surface area (Å²) in [6, 6.07) is 17.2. The predicted octanol–water partition coefficient (Wildman–Crippen LogP) is 3.48. The molecule has 0 atom stereocenters. The molecule has 4 aromatic rings. The third-order valence-corrected chi connectivity index (χ3v) is 5.76. The molecule has 4 rings (SSSR count). The van der Waals surface area contributed by atoms with Crippen LogP contribution in [0.4, 0.5) is 0 Å². The summed E-state index contributed by atoms with van der Waals surface area (Å²) in [5.41, 5.74) is 0.578. The van der Waals surface area contributed by atoms with E-state index in [-0.39, 0.29) is 45.3 Å². The molecule has 1 heterocycles. The Balaban J connectivity index is 1.54. The van der Waals surface area contributed by atoms with Crippen LogP contribution in [0.5, 0.6) is 11.5 Å². The van der Waals surface area contributed by atoms with Crippen LogP contribution in [0.25, 0.3) is 5.69 Å². The molecule has 1 amide bonds. The third-order valence-electron chi connectivity index (χ3n) is 5.20. The van der Waals surface area contributed by atoms with Crippen LogP contribution in [-0.4, -0.2) is 32.3 Å². The van der Waals surface area contributed by atoms with Crippen molar-refractivity contribution in [3.63, 3.8) is 0 Å². The summed E-state index contributed by atoms with van der Waals surface area (Å²) in [5, 5.41) is 16.5. The SMILES string of the molecule is O=C(NCCc1ccccc1)c1cc(Oc2c(Cl)cc(-n3ncc(=O)[nH]c3=O)cc2Cl)ccc1CO. The van der Waals surface area contributed by atoms with Gasteiger partial charge in [0.15, 0.2) is 5.75 Å². The van der Waals surface area contributed by atoms with Gasteiger partial charge in [-0.05, 0) is 41.8 Å². The van der Waals surface area contributed by atoms with Crippen LogP contribution in [-0.2, 0) is 13.0 Å². The van der Waals surface area contributed by atoms with Crippen molar-refractivity contribution >= 4 is 29.1 Å². The fraction of sp³-hybridized carbons (Fsp3) is 0.120. The van der Waals surface area contributed by atoms with Gasteiger partial charge < -0.3 is 15.2 Å². The van der Waals surface area contributed by atoms with Gasteiger partial charge in [0.2, 0.25) is 0 Å². The van der Waals surface area contributed by atoms with Gasteiger partial charge in [-0.25, -0.2) is 4.79 Å². The van der Waals surface area contributed by atoms with E-state index in [1.807, 2.05) is 30.3 Å². The second-order valence-corrected chi connectivity index (χ2v) is 8.47. The zero-order valence-corrected chi connectivity index (χ0v) is 20.2.